The Balaban J connectivity index is 1.53. The lowest BCUT2D eigenvalue weighted by molar-refractivity contribution is -0.318. The zero-order valence-corrected chi connectivity index (χ0v) is 27.8. The van der Waals surface area contributed by atoms with E-state index in [4.69, 9.17) is 37.6 Å². The molecule has 2 aliphatic heterocycles. The second kappa shape index (κ2) is 17.3. The van der Waals surface area contributed by atoms with Gasteiger partial charge < -0.3 is 88.6 Å². The van der Waals surface area contributed by atoms with Crippen molar-refractivity contribution in [2.75, 3.05) is 46.2 Å². The molecule has 52 heavy (non-hydrogen) atoms. The molecule has 0 aliphatic carbocycles. The first-order valence-corrected chi connectivity index (χ1v) is 16.3. The van der Waals surface area contributed by atoms with Crippen LogP contribution >= 0.6 is 0 Å². The van der Waals surface area contributed by atoms with Gasteiger partial charge in [0, 0.05) is 17.7 Å². The van der Waals surface area contributed by atoms with Gasteiger partial charge in [0.1, 0.15) is 85.0 Å². The third kappa shape index (κ3) is 8.36. The number of ether oxygens (including phenoxy) is 7. The van der Waals surface area contributed by atoms with E-state index in [2.05, 4.69) is 0 Å². The van der Waals surface area contributed by atoms with Crippen LogP contribution in [-0.4, -0.2) is 159 Å². The van der Waals surface area contributed by atoms with Crippen LogP contribution in [0.2, 0.25) is 0 Å². The monoisotopic (exact) mass is 742 g/mol. The van der Waals surface area contributed by atoms with Crippen molar-refractivity contribution in [1.82, 2.24) is 0 Å². The molecule has 5 rings (SSSR count). The van der Waals surface area contributed by atoms with E-state index in [1.807, 2.05) is 0 Å². The molecular formula is C33H42O19. The summed E-state index contributed by atoms with van der Waals surface area (Å²) < 4.78 is 45.1. The van der Waals surface area contributed by atoms with E-state index in [0.717, 1.165) is 6.07 Å². The topological polar surface area (TPSA) is 297 Å². The van der Waals surface area contributed by atoms with Crippen LogP contribution in [0.1, 0.15) is 6.92 Å². The number of hydrogen-bond acceptors (Lipinski definition) is 19. The molecule has 288 valence electrons. The van der Waals surface area contributed by atoms with E-state index in [-0.39, 0.29) is 79.2 Å². The molecule has 2 saturated heterocycles. The Morgan fingerprint density at radius 3 is 2.04 bits per heavy atom. The molecule has 2 fully saturated rings. The SMILES string of the molecule is C[C@@H]1O[C@H](OC[C@@H]2O[C@H](Oc3c(-c4ccc(OCCO)c(OCCO)c4)oc4cc(OCCO)cc(O)c4c3=O)[C@H](O)[C@H](O)[C@H]2O)[C@H](O)[C@H](O)[C@H]1O. The Morgan fingerprint density at radius 2 is 1.35 bits per heavy atom. The Kier molecular flexibility index (Phi) is 13.1. The number of aliphatic hydroxyl groups excluding tert-OH is 9. The lowest BCUT2D eigenvalue weighted by atomic mass is 9.98. The van der Waals surface area contributed by atoms with E-state index in [0.29, 0.717) is 0 Å². The molecule has 10 N–H and O–H groups in total. The smallest absolute Gasteiger partial charge is 0.239 e. The van der Waals surface area contributed by atoms with Crippen LogP contribution in [-0.2, 0) is 14.2 Å². The van der Waals surface area contributed by atoms with Gasteiger partial charge in [0.2, 0.25) is 17.5 Å². The molecule has 3 heterocycles. The highest BCUT2D eigenvalue weighted by Gasteiger charge is 2.48. The lowest BCUT2D eigenvalue weighted by Gasteiger charge is -2.42. The summed E-state index contributed by atoms with van der Waals surface area (Å²) in [6.45, 7) is -0.648. The van der Waals surface area contributed by atoms with Crippen molar-refractivity contribution < 1.29 is 88.6 Å². The van der Waals surface area contributed by atoms with Gasteiger partial charge in [-0.3, -0.25) is 4.79 Å². The molecule has 0 bridgehead atoms. The fraction of sp³-hybridized carbons (Fsp3) is 0.545. The number of benzene rings is 2. The standard InChI is InChI=1S/C33H42O19/c1-14-23(38)26(41)28(43)32(49-14)48-13-21-24(39)27(42)29(44)33(51-21)52-31-25(40)22-17(37)11-16(45-7-4-34)12-20(22)50-30(31)15-2-3-18(46-8-5-35)19(10-15)47-9-6-36/h2-3,10-12,14,21,23-24,26-29,32-39,41-44H,4-9,13H2,1H3/t14-,21-,23-,24-,26+,27+,28+,29+,32-,33+/m0/s1. The van der Waals surface area contributed by atoms with Crippen LogP contribution in [0.4, 0.5) is 0 Å². The summed E-state index contributed by atoms with van der Waals surface area (Å²) in [7, 11) is 0. The summed E-state index contributed by atoms with van der Waals surface area (Å²) in [5.41, 5.74) is -1.08. The molecule has 10 atom stereocenters. The number of phenols is 1. The summed E-state index contributed by atoms with van der Waals surface area (Å²) in [5, 5.41) is 101. The second-order valence-electron chi connectivity index (χ2n) is 11.9. The van der Waals surface area contributed by atoms with Gasteiger partial charge in [-0.05, 0) is 25.1 Å². The number of rotatable bonds is 15. The summed E-state index contributed by atoms with van der Waals surface area (Å²) in [4.78, 5) is 14.1. The summed E-state index contributed by atoms with van der Waals surface area (Å²) in [5.74, 6) is -1.31. The van der Waals surface area contributed by atoms with Gasteiger partial charge in [-0.15, -0.1) is 0 Å². The third-order valence-electron chi connectivity index (χ3n) is 8.31. The minimum absolute atomic E-state index is 0.0380. The van der Waals surface area contributed by atoms with Crippen molar-refractivity contribution in [1.29, 1.82) is 0 Å². The molecule has 19 nitrogen and oxygen atoms in total. The van der Waals surface area contributed by atoms with Crippen molar-refractivity contribution in [2.24, 2.45) is 0 Å². The molecule has 2 aliphatic rings. The molecule has 0 saturated carbocycles. The van der Waals surface area contributed by atoms with Gasteiger partial charge in [0.25, 0.3) is 0 Å². The average Bonchev–Trinajstić information content (AvgIpc) is 3.13. The molecule has 0 amide bonds. The van der Waals surface area contributed by atoms with E-state index in [1.54, 1.807) is 0 Å². The predicted octanol–water partition coefficient (Wildman–Crippen LogP) is -2.69. The van der Waals surface area contributed by atoms with Gasteiger partial charge in [-0.25, -0.2) is 0 Å². The van der Waals surface area contributed by atoms with Crippen LogP contribution in [0, 0.1) is 0 Å². The Morgan fingerprint density at radius 1 is 0.712 bits per heavy atom. The van der Waals surface area contributed by atoms with E-state index in [1.165, 1.54) is 31.2 Å². The van der Waals surface area contributed by atoms with Gasteiger partial charge in [0.15, 0.2) is 23.5 Å². The third-order valence-corrected chi connectivity index (χ3v) is 8.31. The lowest BCUT2D eigenvalue weighted by Crippen LogP contribution is -2.61. The molecule has 3 aromatic rings. The normalized spacial score (nSPS) is 29.2. The maximum absolute atomic E-state index is 14.1. The fourth-order valence-corrected chi connectivity index (χ4v) is 5.60. The number of aliphatic hydroxyl groups is 9. The maximum atomic E-state index is 14.1. The van der Waals surface area contributed by atoms with Crippen LogP contribution in [0.5, 0.6) is 28.7 Å². The number of hydrogen-bond donors (Lipinski definition) is 10. The van der Waals surface area contributed by atoms with Gasteiger partial charge in [-0.1, -0.05) is 0 Å². The molecule has 2 aromatic carbocycles. The van der Waals surface area contributed by atoms with Crippen molar-refractivity contribution in [3.05, 3.63) is 40.6 Å². The van der Waals surface area contributed by atoms with Crippen molar-refractivity contribution in [2.45, 2.75) is 68.3 Å². The second-order valence-corrected chi connectivity index (χ2v) is 11.9. The number of phenolic OH excluding ortho intramolecular Hbond substituents is 1. The van der Waals surface area contributed by atoms with Crippen molar-refractivity contribution >= 4 is 11.0 Å². The highest BCUT2D eigenvalue weighted by molar-refractivity contribution is 5.88. The average molecular weight is 743 g/mol. The summed E-state index contributed by atoms with van der Waals surface area (Å²) in [6.07, 6.45) is -16.3. The highest BCUT2D eigenvalue weighted by atomic mass is 16.7. The Labute approximate surface area is 294 Å². The van der Waals surface area contributed by atoms with Crippen LogP contribution in [0.25, 0.3) is 22.3 Å². The highest BCUT2D eigenvalue weighted by Crippen LogP contribution is 2.40. The molecule has 1 aromatic heterocycles. The molecule has 0 unspecified atom stereocenters. The van der Waals surface area contributed by atoms with Gasteiger partial charge in [-0.2, -0.15) is 0 Å². The fourth-order valence-electron chi connectivity index (χ4n) is 5.60. The van der Waals surface area contributed by atoms with Crippen LogP contribution < -0.4 is 24.4 Å². The van der Waals surface area contributed by atoms with Gasteiger partial charge in [0.05, 0.1) is 32.5 Å². The van der Waals surface area contributed by atoms with Crippen molar-refractivity contribution in [3.8, 4) is 40.1 Å². The quantitative estimate of drug-likeness (QED) is 0.0758. The number of fused-ring (bicyclic) bond motifs is 1. The maximum Gasteiger partial charge on any atom is 0.239 e. The van der Waals surface area contributed by atoms with Crippen LogP contribution in [0.3, 0.4) is 0 Å². The van der Waals surface area contributed by atoms with Gasteiger partial charge >= 0.3 is 0 Å². The molecule has 0 radical (unpaired) electrons. The summed E-state index contributed by atoms with van der Waals surface area (Å²) >= 11 is 0. The largest absolute Gasteiger partial charge is 0.507 e. The Hall–Kier alpha value is -3.83. The molecule has 0 spiro atoms. The summed E-state index contributed by atoms with van der Waals surface area (Å²) in [6, 6.07) is 6.59. The Bertz CT molecular complexity index is 1700. The first-order valence-electron chi connectivity index (χ1n) is 16.3. The zero-order valence-electron chi connectivity index (χ0n) is 27.8. The zero-order chi connectivity index (χ0) is 37.7. The first kappa shape index (κ1) is 39.4. The predicted molar refractivity (Wildman–Crippen MR) is 173 cm³/mol. The van der Waals surface area contributed by atoms with Crippen LogP contribution in [0.15, 0.2) is 39.5 Å². The van der Waals surface area contributed by atoms with E-state index < -0.39 is 84.9 Å². The van der Waals surface area contributed by atoms with E-state index >= 15 is 0 Å². The van der Waals surface area contributed by atoms with E-state index in [9.17, 15) is 55.9 Å². The van der Waals surface area contributed by atoms with Crippen molar-refractivity contribution in [3.63, 3.8) is 0 Å². The minimum atomic E-state index is -1.98. The minimum Gasteiger partial charge on any atom is -0.507 e. The first-order chi connectivity index (χ1) is 24.9. The molecular weight excluding hydrogens is 700 g/mol. The molecule has 19 heteroatoms. The number of aromatic hydroxyl groups is 1.